The van der Waals surface area contributed by atoms with Crippen LogP contribution >= 0.6 is 0 Å². The number of benzene rings is 7. The molecule has 0 spiro atoms. The molecule has 2 heterocycles. The molecule has 0 aromatic heterocycles. The van der Waals surface area contributed by atoms with Crippen LogP contribution in [-0.2, 0) is 71.8 Å². The van der Waals surface area contributed by atoms with E-state index in [1.54, 1.807) is 109 Å². The molecule has 2 aliphatic heterocycles. The number of hydrogen-bond donors (Lipinski definition) is 0. The highest BCUT2D eigenvalue weighted by atomic mass is 16.8. The van der Waals surface area contributed by atoms with Gasteiger partial charge in [-0.25, -0.2) is 24.0 Å². The Hall–Kier alpha value is -9.20. The summed E-state index contributed by atoms with van der Waals surface area (Å²) in [4.78, 5) is 74.9. The maximum absolute atomic E-state index is 14.6. The zero-order chi connectivity index (χ0) is 57.0. The highest BCUT2D eigenvalue weighted by Gasteiger charge is 2.59. The Bertz CT molecular complexity index is 3230. The van der Waals surface area contributed by atoms with E-state index in [4.69, 9.17) is 57.6 Å². The maximum atomic E-state index is 14.6. The molecule has 2 fully saturated rings. The van der Waals surface area contributed by atoms with Crippen molar-refractivity contribution >= 4 is 29.8 Å². The molecule has 0 bridgehead atoms. The predicted octanol–water partition coefficient (Wildman–Crippen LogP) is 9.63. The summed E-state index contributed by atoms with van der Waals surface area (Å²) in [6.45, 7) is -0.0690. The molecular weight excluding hydrogens is 1050 g/mol. The van der Waals surface area contributed by atoms with Crippen molar-refractivity contribution in [2.45, 2.75) is 81.0 Å². The fourth-order valence-corrected chi connectivity index (χ4v) is 9.14. The maximum Gasteiger partial charge on any atom is 0.339 e. The smallest absolute Gasteiger partial charge is 0.339 e. The summed E-state index contributed by atoms with van der Waals surface area (Å²) in [6.07, 6.45) is -16.6. The lowest BCUT2D eigenvalue weighted by molar-refractivity contribution is -0.352. The van der Waals surface area contributed by atoms with E-state index in [0.29, 0.717) is 17.7 Å². The van der Waals surface area contributed by atoms with Crippen LogP contribution in [0, 0.1) is 0 Å². The lowest BCUT2D eigenvalue weighted by Gasteiger charge is -2.48. The molecule has 7 aromatic rings. The third-order valence-electron chi connectivity index (χ3n) is 13.2. The third kappa shape index (κ3) is 15.2. The first kappa shape index (κ1) is 57.5. The molecule has 2 aliphatic rings. The van der Waals surface area contributed by atoms with E-state index < -0.39 is 91.3 Å². The molecule has 7 aromatic carbocycles. The van der Waals surface area contributed by atoms with E-state index in [9.17, 15) is 24.0 Å². The van der Waals surface area contributed by atoms with Crippen LogP contribution in [0.4, 0.5) is 0 Å². The first-order valence-corrected chi connectivity index (χ1v) is 26.3. The highest BCUT2D eigenvalue weighted by Crippen LogP contribution is 2.38. The van der Waals surface area contributed by atoms with Gasteiger partial charge in [0.1, 0.15) is 18.0 Å². The molecule has 9 rings (SSSR count). The van der Waals surface area contributed by atoms with Crippen molar-refractivity contribution in [1.82, 2.24) is 0 Å². The van der Waals surface area contributed by atoms with Gasteiger partial charge in [-0.2, -0.15) is 0 Å². The number of esters is 5. The Morgan fingerprint density at radius 2 is 0.927 bits per heavy atom. The summed E-state index contributed by atoms with van der Waals surface area (Å²) in [5.74, 6) is -4.56. The van der Waals surface area contributed by atoms with Crippen molar-refractivity contribution in [3.05, 3.63) is 256 Å². The van der Waals surface area contributed by atoms with E-state index in [1.807, 2.05) is 60.7 Å². The van der Waals surface area contributed by atoms with Gasteiger partial charge in [0, 0.05) is 11.5 Å². The molecule has 2 saturated heterocycles. The number of rotatable bonds is 23. The van der Waals surface area contributed by atoms with Gasteiger partial charge in [-0.15, -0.1) is 0 Å². The minimum Gasteiger partial charge on any atom is -0.467 e. The van der Waals surface area contributed by atoms with Crippen molar-refractivity contribution in [3.63, 3.8) is 0 Å². The van der Waals surface area contributed by atoms with E-state index >= 15 is 0 Å². The molecule has 0 radical (unpaired) electrons. The van der Waals surface area contributed by atoms with Crippen molar-refractivity contribution in [2.24, 2.45) is 5.11 Å². The van der Waals surface area contributed by atoms with Crippen LogP contribution in [0.3, 0.4) is 0 Å². The molecule has 0 saturated carbocycles. The summed E-state index contributed by atoms with van der Waals surface area (Å²) in [5.41, 5.74) is 11.5. The molecule has 19 heteroatoms. The van der Waals surface area contributed by atoms with Crippen molar-refractivity contribution in [3.8, 4) is 5.75 Å². The normalized spacial score (nSPS) is 22.0. The number of carbonyl (C=O) groups excluding carboxylic acids is 5. The molecule has 82 heavy (non-hydrogen) atoms. The van der Waals surface area contributed by atoms with Gasteiger partial charge in [0.2, 0.25) is 6.29 Å². The van der Waals surface area contributed by atoms with Gasteiger partial charge in [-0.1, -0.05) is 151 Å². The highest BCUT2D eigenvalue weighted by molar-refractivity contribution is 5.92. The second-order valence-electron chi connectivity index (χ2n) is 18.8. The topological polar surface area (TPSA) is 236 Å². The van der Waals surface area contributed by atoms with Crippen LogP contribution in [0.25, 0.3) is 10.4 Å². The number of hydrogen-bond acceptors (Lipinski definition) is 17. The van der Waals surface area contributed by atoms with Gasteiger partial charge in [-0.3, -0.25) is 0 Å². The molecule has 0 amide bonds. The van der Waals surface area contributed by atoms with Crippen molar-refractivity contribution in [1.29, 1.82) is 0 Å². The van der Waals surface area contributed by atoms with Crippen LogP contribution in [0.5, 0.6) is 5.75 Å². The van der Waals surface area contributed by atoms with Gasteiger partial charge < -0.3 is 52.1 Å². The minimum atomic E-state index is -2.01. The fraction of sp³-hybridized carbons (Fsp3) is 0.254. The second-order valence-corrected chi connectivity index (χ2v) is 18.8. The molecule has 10 atom stereocenters. The standard InChI is InChI=1S/C63H57N3O16/c1-72-61(71)54-52(78-58(68)45-26-14-5-15-27-45)53(79-59(69)46-28-16-6-17-29-46)56(80-60(70)47-30-18-7-19-31-47)63(82-54)81-51-50(77-57(67)44-24-12-4-13-25-44)49(40-73-38-42-20-8-2-9-21-42)76-62(55(51)74-39-43-22-10-3-11-23-43)75-48-34-32-41(33-35-48)36-37-65-66-64/h2-35,49-56,62-63H,36-40H2,1H3/t49?,50-,51?,52-,53?,54?,55?,56?,62+,63+/m0/s1. The number of carbonyl (C=O) groups is 5. The van der Waals surface area contributed by atoms with Gasteiger partial charge in [0.25, 0.3) is 0 Å². The first-order chi connectivity index (χ1) is 40.1. The average Bonchev–Trinajstić information content (AvgIpc) is 3.72. The summed E-state index contributed by atoms with van der Waals surface area (Å²) in [7, 11) is 1.07. The Morgan fingerprint density at radius 1 is 0.476 bits per heavy atom. The monoisotopic (exact) mass is 1110 g/mol. The zero-order valence-electron chi connectivity index (χ0n) is 44.3. The lowest BCUT2D eigenvalue weighted by Crippen LogP contribution is -2.68. The molecule has 420 valence electrons. The molecular formula is C63H57N3O16. The molecule has 0 N–H and O–H groups in total. The molecule has 0 aliphatic carbocycles. The van der Waals surface area contributed by atoms with E-state index in [1.165, 1.54) is 36.4 Å². The number of ether oxygens (including phenoxy) is 11. The van der Waals surface area contributed by atoms with E-state index in [-0.39, 0.29) is 48.6 Å². The number of methoxy groups -OCH3 is 1. The lowest BCUT2D eigenvalue weighted by atomic mass is 9.95. The Balaban J connectivity index is 1.20. The van der Waals surface area contributed by atoms with Crippen LogP contribution in [-0.4, -0.2) is 112 Å². The first-order valence-electron chi connectivity index (χ1n) is 26.3. The summed E-state index contributed by atoms with van der Waals surface area (Å²) in [5, 5.41) is 3.65. The zero-order valence-corrected chi connectivity index (χ0v) is 44.3. The number of nitrogens with zero attached hydrogens (tertiary/aromatic N) is 3. The van der Waals surface area contributed by atoms with Gasteiger partial charge in [0.05, 0.1) is 49.2 Å². The van der Waals surface area contributed by atoms with Crippen molar-refractivity contribution in [2.75, 3.05) is 20.3 Å². The summed E-state index contributed by atoms with van der Waals surface area (Å²) < 4.78 is 71.0. The van der Waals surface area contributed by atoms with Crippen LogP contribution in [0.15, 0.2) is 211 Å². The SMILES string of the molecule is COC(=O)C1O[C@@H](OC2C(OCc3ccccc3)[C@H](Oc3ccc(CCN=[N+]=[N-])cc3)OC(COCc3ccccc3)[C@@H]2OC(=O)c2ccccc2)C(OC(=O)c2ccccc2)C(OC(=O)c2ccccc2)[C@@H]1OC(=O)c1ccccc1. The summed E-state index contributed by atoms with van der Waals surface area (Å²) in [6, 6.07) is 57.1. The van der Waals surface area contributed by atoms with Gasteiger partial charge in [0.15, 0.2) is 42.9 Å². The second kappa shape index (κ2) is 28.8. The van der Waals surface area contributed by atoms with Crippen LogP contribution in [0.2, 0.25) is 0 Å². The largest absolute Gasteiger partial charge is 0.467 e. The van der Waals surface area contributed by atoms with Gasteiger partial charge in [-0.05, 0) is 89.3 Å². The van der Waals surface area contributed by atoms with E-state index in [2.05, 4.69) is 10.0 Å². The molecule has 6 unspecified atom stereocenters. The van der Waals surface area contributed by atoms with Crippen molar-refractivity contribution < 1.29 is 76.1 Å². The van der Waals surface area contributed by atoms with Crippen LogP contribution in [0.1, 0.15) is 58.1 Å². The van der Waals surface area contributed by atoms with Crippen LogP contribution < -0.4 is 4.74 Å². The van der Waals surface area contributed by atoms with Gasteiger partial charge >= 0.3 is 29.8 Å². The third-order valence-corrected chi connectivity index (χ3v) is 13.2. The Morgan fingerprint density at radius 3 is 1.41 bits per heavy atom. The quantitative estimate of drug-likeness (QED) is 0.0191. The fourth-order valence-electron chi connectivity index (χ4n) is 9.14. The Kier molecular flexibility index (Phi) is 20.2. The summed E-state index contributed by atoms with van der Waals surface area (Å²) >= 11 is 0. The average molecular weight is 1110 g/mol. The Labute approximate surface area is 472 Å². The minimum absolute atomic E-state index is 0.0380. The number of azide groups is 1. The molecule has 19 nitrogen and oxygen atoms in total. The predicted molar refractivity (Wildman–Crippen MR) is 293 cm³/mol. The van der Waals surface area contributed by atoms with E-state index in [0.717, 1.165) is 18.2 Å².